The minimum atomic E-state index is -0.956. The quantitative estimate of drug-likeness (QED) is 0.129. The van der Waals surface area contributed by atoms with E-state index in [0.717, 1.165) is 11.6 Å². The highest BCUT2D eigenvalue weighted by atomic mass is 79.9. The van der Waals surface area contributed by atoms with Gasteiger partial charge in [0.1, 0.15) is 41.8 Å². The van der Waals surface area contributed by atoms with E-state index in [-0.39, 0.29) is 37.0 Å². The van der Waals surface area contributed by atoms with Crippen molar-refractivity contribution < 1.29 is 37.5 Å². The lowest BCUT2D eigenvalue weighted by Gasteiger charge is -2.19. The summed E-state index contributed by atoms with van der Waals surface area (Å²) >= 11 is 10.1. The van der Waals surface area contributed by atoms with E-state index in [9.17, 15) is 18.7 Å². The van der Waals surface area contributed by atoms with Crippen LogP contribution in [0.2, 0.25) is 5.02 Å². The second-order valence-corrected chi connectivity index (χ2v) is 11.0. The van der Waals surface area contributed by atoms with Crippen molar-refractivity contribution >= 4 is 44.5 Å². The third-order valence-electron chi connectivity index (χ3n) is 6.82. The van der Waals surface area contributed by atoms with Gasteiger partial charge in [0.25, 0.3) is 0 Å². The van der Waals surface area contributed by atoms with Crippen molar-refractivity contribution in [1.29, 1.82) is 0 Å². The second-order valence-electron chi connectivity index (χ2n) is 9.80. The number of rotatable bonds is 13. The third-order valence-corrected chi connectivity index (χ3v) is 8.06. The summed E-state index contributed by atoms with van der Waals surface area (Å²) < 4.78 is 51.0. The predicted molar refractivity (Wildman–Crippen MR) is 166 cm³/mol. The number of aromatic nitrogens is 2. The van der Waals surface area contributed by atoms with Crippen LogP contribution in [0.3, 0.4) is 0 Å². The van der Waals surface area contributed by atoms with Crippen LogP contribution in [0.5, 0.6) is 11.5 Å². The van der Waals surface area contributed by atoms with Gasteiger partial charge in [-0.2, -0.15) is 0 Å². The number of carbonyl (C=O) groups is 1. The van der Waals surface area contributed by atoms with Crippen LogP contribution >= 0.6 is 27.5 Å². The summed E-state index contributed by atoms with van der Waals surface area (Å²) in [5.74, 6) is -1.79. The fourth-order valence-corrected chi connectivity index (χ4v) is 5.34. The summed E-state index contributed by atoms with van der Waals surface area (Å²) in [7, 11) is 0. The summed E-state index contributed by atoms with van der Waals surface area (Å²) in [6, 6.07) is 16.9. The minimum Gasteiger partial charge on any atom is -0.488 e. The van der Waals surface area contributed by atoms with E-state index in [2.05, 4.69) is 31.6 Å². The molecule has 0 aliphatic carbocycles. The van der Waals surface area contributed by atoms with E-state index in [1.807, 2.05) is 6.07 Å². The lowest BCUT2D eigenvalue weighted by Crippen LogP contribution is -2.40. The number of hydrogen-bond acceptors (Lipinski definition) is 9. The molecule has 0 spiro atoms. The first-order chi connectivity index (χ1) is 21.8. The molecule has 0 amide bonds. The molecule has 5 rings (SSSR count). The molecule has 0 saturated heterocycles. The number of aliphatic hydroxyl groups is 1. The highest BCUT2D eigenvalue weighted by Gasteiger charge is 2.21. The molecule has 13 heteroatoms. The van der Waals surface area contributed by atoms with Crippen molar-refractivity contribution in [3.8, 4) is 22.6 Å². The number of esters is 1. The maximum Gasteiger partial charge on any atom is 0.325 e. The number of hydrogen-bond donors (Lipinski definition) is 2. The van der Waals surface area contributed by atoms with Crippen molar-refractivity contribution in [2.24, 2.45) is 0 Å². The smallest absolute Gasteiger partial charge is 0.325 e. The molecule has 0 aliphatic rings. The molecule has 9 nitrogen and oxygen atoms in total. The Morgan fingerprint density at radius 2 is 1.73 bits per heavy atom. The first-order valence-corrected chi connectivity index (χ1v) is 15.0. The molecule has 0 radical (unpaired) electrons. The van der Waals surface area contributed by atoms with Gasteiger partial charge in [0.2, 0.25) is 0 Å². The van der Waals surface area contributed by atoms with Crippen molar-refractivity contribution in [3.63, 3.8) is 0 Å². The molecule has 0 bridgehead atoms. The zero-order valence-electron chi connectivity index (χ0n) is 23.9. The van der Waals surface area contributed by atoms with Gasteiger partial charge in [-0.1, -0.05) is 48.0 Å². The topological polar surface area (TPSA) is 116 Å². The molecule has 1 atom stereocenters. The maximum absolute atomic E-state index is 14.5. The Morgan fingerprint density at radius 1 is 0.978 bits per heavy atom. The molecule has 1 aromatic heterocycles. The number of nitrogens with zero attached hydrogens (tertiary/aromatic N) is 2. The molecule has 0 saturated carbocycles. The zero-order chi connectivity index (χ0) is 31.9. The van der Waals surface area contributed by atoms with Gasteiger partial charge in [-0.3, -0.25) is 10.1 Å². The summed E-state index contributed by atoms with van der Waals surface area (Å²) in [5, 5.41) is 20.6. The van der Waals surface area contributed by atoms with E-state index in [1.54, 1.807) is 49.4 Å². The van der Waals surface area contributed by atoms with E-state index >= 15 is 0 Å². The van der Waals surface area contributed by atoms with Crippen LogP contribution in [0.4, 0.5) is 8.78 Å². The van der Waals surface area contributed by atoms with Crippen molar-refractivity contribution in [1.82, 2.24) is 15.6 Å². The Hall–Kier alpha value is -4.10. The Kier molecular flexibility index (Phi) is 10.6. The number of nitrogens with one attached hydrogen (secondary N) is 1. The zero-order valence-corrected chi connectivity index (χ0v) is 26.2. The number of carbonyl (C=O) groups excluding carboxylic acids is 1. The molecule has 2 N–H and O–H groups in total. The minimum absolute atomic E-state index is 0.0351. The average molecular weight is 703 g/mol. The molecule has 5 aromatic rings. The third kappa shape index (κ3) is 7.59. The number of halogens is 4. The molecular formula is C32H27BrClF2N3O6. The van der Waals surface area contributed by atoms with Gasteiger partial charge in [-0.15, -0.1) is 0 Å². The maximum atomic E-state index is 14.5. The Morgan fingerprint density at radius 3 is 2.53 bits per heavy atom. The Balaban J connectivity index is 1.39. The van der Waals surface area contributed by atoms with Crippen LogP contribution in [-0.4, -0.2) is 40.6 Å². The lowest BCUT2D eigenvalue weighted by atomic mass is 10.0. The SMILES string of the molecule is CCOC(=O)[C@@H](CO)NCc1cc(Cl)c(OCc2cccc(-c3cccc(F)c3F)c2Br)cc1OCc1ccc2nonc2c1. The standard InChI is InChI=1S/C32H27BrClF2N3O6/c1-2-42-32(41)27(15-40)37-14-20-12-23(34)29(13-28(20)43-16-18-9-10-25-26(11-18)39-45-38-25)44-17-19-5-3-6-21(30(19)33)22-7-4-8-24(35)31(22)36/h3-13,27,37,40H,2,14-17H2,1H3/t27-/m1/s1. The van der Waals surface area contributed by atoms with Gasteiger partial charge in [0, 0.05) is 33.8 Å². The molecule has 45 heavy (non-hydrogen) atoms. The van der Waals surface area contributed by atoms with Crippen LogP contribution in [-0.2, 0) is 29.3 Å². The number of aliphatic hydroxyl groups excluding tert-OH is 1. The van der Waals surface area contributed by atoms with Crippen molar-refractivity contribution in [3.05, 3.63) is 105 Å². The fourth-order valence-electron chi connectivity index (χ4n) is 4.50. The van der Waals surface area contributed by atoms with Crippen LogP contribution in [0.1, 0.15) is 23.6 Å². The molecule has 4 aromatic carbocycles. The van der Waals surface area contributed by atoms with Gasteiger partial charge >= 0.3 is 5.97 Å². The number of ether oxygens (including phenoxy) is 3. The second kappa shape index (κ2) is 14.8. The summed E-state index contributed by atoms with van der Waals surface area (Å²) in [6.45, 7) is 1.67. The summed E-state index contributed by atoms with van der Waals surface area (Å²) in [4.78, 5) is 12.2. The van der Waals surface area contributed by atoms with Crippen LogP contribution in [0, 0.1) is 11.6 Å². The van der Waals surface area contributed by atoms with Gasteiger partial charge in [-0.25, -0.2) is 13.4 Å². The average Bonchev–Trinajstić information content (AvgIpc) is 3.51. The van der Waals surface area contributed by atoms with Gasteiger partial charge < -0.3 is 19.3 Å². The molecule has 234 valence electrons. The molecule has 0 fully saturated rings. The van der Waals surface area contributed by atoms with E-state index in [1.165, 1.54) is 12.1 Å². The van der Waals surface area contributed by atoms with E-state index in [4.69, 9.17) is 30.4 Å². The number of benzene rings is 4. The summed E-state index contributed by atoms with van der Waals surface area (Å²) in [6.07, 6.45) is 0. The Labute approximate surface area is 270 Å². The molecule has 1 heterocycles. The first-order valence-electron chi connectivity index (χ1n) is 13.8. The van der Waals surface area contributed by atoms with Crippen LogP contribution in [0.25, 0.3) is 22.2 Å². The van der Waals surface area contributed by atoms with Crippen molar-refractivity contribution in [2.75, 3.05) is 13.2 Å². The Bertz CT molecular complexity index is 1820. The van der Waals surface area contributed by atoms with Crippen molar-refractivity contribution in [2.45, 2.75) is 32.7 Å². The number of fused-ring (bicyclic) bond motifs is 1. The van der Waals surface area contributed by atoms with E-state index in [0.29, 0.717) is 43.7 Å². The summed E-state index contributed by atoms with van der Waals surface area (Å²) in [5.41, 5.74) is 3.79. The fraction of sp³-hybridized carbons (Fsp3) is 0.219. The highest BCUT2D eigenvalue weighted by Crippen LogP contribution is 2.37. The molecular weight excluding hydrogens is 676 g/mol. The molecule has 0 aliphatic heterocycles. The lowest BCUT2D eigenvalue weighted by molar-refractivity contribution is -0.146. The first kappa shape index (κ1) is 32.3. The normalized spacial score (nSPS) is 11.9. The highest BCUT2D eigenvalue weighted by molar-refractivity contribution is 9.10. The van der Waals surface area contributed by atoms with E-state index < -0.39 is 30.3 Å². The van der Waals surface area contributed by atoms with Gasteiger partial charge in [0.05, 0.1) is 18.2 Å². The van der Waals surface area contributed by atoms with Crippen LogP contribution in [0.15, 0.2) is 75.8 Å². The van der Waals surface area contributed by atoms with Gasteiger partial charge in [0.15, 0.2) is 11.6 Å². The molecule has 0 unspecified atom stereocenters. The largest absolute Gasteiger partial charge is 0.488 e. The monoisotopic (exact) mass is 701 g/mol. The van der Waals surface area contributed by atoms with Crippen LogP contribution < -0.4 is 14.8 Å². The van der Waals surface area contributed by atoms with Gasteiger partial charge in [-0.05, 0) is 68.6 Å². The predicted octanol–water partition coefficient (Wildman–Crippen LogP) is 6.76.